The van der Waals surface area contributed by atoms with Crippen LogP contribution in [0.1, 0.15) is 19.8 Å². The molecule has 2 N–H and O–H groups in total. The van der Waals surface area contributed by atoms with Crippen LogP contribution in [0.25, 0.3) is 0 Å². The number of rotatable bonds is 2. The minimum Gasteiger partial charge on any atom is -0.304 e. The quantitative estimate of drug-likeness (QED) is 0.754. The van der Waals surface area contributed by atoms with Crippen molar-refractivity contribution >= 4 is 22.4 Å². The molecule has 1 fully saturated rings. The highest BCUT2D eigenvalue weighted by Gasteiger charge is 2.36. The second-order valence-electron chi connectivity index (χ2n) is 3.56. The Bertz CT molecular complexity index is 318. The maximum Gasteiger partial charge on any atom is 0.246 e. The summed E-state index contributed by atoms with van der Waals surface area (Å²) in [6, 6.07) is 0. The Morgan fingerprint density at radius 3 is 3.21 bits per heavy atom. The number of amides is 1. The topological polar surface area (TPSA) is 66.9 Å². The van der Waals surface area contributed by atoms with Gasteiger partial charge in [-0.25, -0.2) is 0 Å². The van der Waals surface area contributed by atoms with Gasteiger partial charge in [0.05, 0.1) is 5.54 Å². The van der Waals surface area contributed by atoms with Gasteiger partial charge in [-0.05, 0) is 26.3 Å². The SMILES string of the molecule is CC1(C(=O)Nc2nncs2)CCCN1. The van der Waals surface area contributed by atoms with Crippen molar-refractivity contribution in [2.24, 2.45) is 0 Å². The van der Waals surface area contributed by atoms with Crippen molar-refractivity contribution in [1.82, 2.24) is 15.5 Å². The first-order valence-electron chi connectivity index (χ1n) is 4.53. The maximum atomic E-state index is 11.8. The molecule has 6 heteroatoms. The predicted molar refractivity (Wildman–Crippen MR) is 54.2 cm³/mol. The highest BCUT2D eigenvalue weighted by molar-refractivity contribution is 7.13. The van der Waals surface area contributed by atoms with Crippen LogP contribution in [0.4, 0.5) is 5.13 Å². The van der Waals surface area contributed by atoms with Crippen molar-refractivity contribution < 1.29 is 4.79 Å². The van der Waals surface area contributed by atoms with Crippen LogP contribution in [0, 0.1) is 0 Å². The van der Waals surface area contributed by atoms with E-state index in [1.165, 1.54) is 11.3 Å². The van der Waals surface area contributed by atoms with Gasteiger partial charge in [-0.15, -0.1) is 10.2 Å². The molecule has 1 aliphatic heterocycles. The van der Waals surface area contributed by atoms with Gasteiger partial charge in [0.1, 0.15) is 5.51 Å². The molecule has 2 heterocycles. The smallest absolute Gasteiger partial charge is 0.246 e. The van der Waals surface area contributed by atoms with E-state index in [4.69, 9.17) is 0 Å². The molecule has 1 unspecified atom stereocenters. The molecule has 1 amide bonds. The first-order chi connectivity index (χ1) is 6.71. The Morgan fingerprint density at radius 1 is 1.79 bits per heavy atom. The molecule has 0 aliphatic carbocycles. The van der Waals surface area contributed by atoms with Crippen LogP contribution < -0.4 is 10.6 Å². The maximum absolute atomic E-state index is 11.8. The van der Waals surface area contributed by atoms with Crippen LogP contribution >= 0.6 is 11.3 Å². The molecule has 0 spiro atoms. The number of carbonyl (C=O) groups excluding carboxylic acids is 1. The highest BCUT2D eigenvalue weighted by atomic mass is 32.1. The number of hydrogen-bond acceptors (Lipinski definition) is 5. The molecule has 0 bridgehead atoms. The lowest BCUT2D eigenvalue weighted by Crippen LogP contribution is -2.47. The summed E-state index contributed by atoms with van der Waals surface area (Å²) in [5.41, 5.74) is 1.16. The number of nitrogens with one attached hydrogen (secondary N) is 2. The number of nitrogens with zero attached hydrogens (tertiary/aromatic N) is 2. The monoisotopic (exact) mass is 212 g/mol. The number of aromatic nitrogens is 2. The molecule has 1 atom stereocenters. The van der Waals surface area contributed by atoms with Gasteiger partial charge in [0.15, 0.2) is 0 Å². The summed E-state index contributed by atoms with van der Waals surface area (Å²) in [6.07, 6.45) is 1.91. The van der Waals surface area contributed by atoms with E-state index in [0.29, 0.717) is 5.13 Å². The number of carbonyl (C=O) groups is 1. The minimum atomic E-state index is -0.439. The van der Waals surface area contributed by atoms with Crippen LogP contribution in [0.3, 0.4) is 0 Å². The predicted octanol–water partition coefficient (Wildman–Crippen LogP) is 0.619. The van der Waals surface area contributed by atoms with Crippen LogP contribution in [-0.2, 0) is 4.79 Å². The second-order valence-corrected chi connectivity index (χ2v) is 4.39. The molecule has 0 radical (unpaired) electrons. The van der Waals surface area contributed by atoms with E-state index < -0.39 is 5.54 Å². The zero-order chi connectivity index (χ0) is 10.0. The van der Waals surface area contributed by atoms with E-state index in [0.717, 1.165) is 19.4 Å². The van der Waals surface area contributed by atoms with E-state index in [1.807, 2.05) is 6.92 Å². The highest BCUT2D eigenvalue weighted by Crippen LogP contribution is 2.20. The van der Waals surface area contributed by atoms with Crippen molar-refractivity contribution in [1.29, 1.82) is 0 Å². The molecule has 76 valence electrons. The molecule has 1 aromatic rings. The first kappa shape index (κ1) is 9.54. The van der Waals surface area contributed by atoms with Crippen LogP contribution in [0.5, 0.6) is 0 Å². The molecule has 5 nitrogen and oxygen atoms in total. The molecule has 14 heavy (non-hydrogen) atoms. The van der Waals surface area contributed by atoms with Gasteiger partial charge < -0.3 is 5.32 Å². The molecule has 0 saturated carbocycles. The van der Waals surface area contributed by atoms with E-state index in [2.05, 4.69) is 20.8 Å². The lowest BCUT2D eigenvalue weighted by atomic mass is 10.00. The Labute approximate surface area is 85.9 Å². The molecule has 1 aliphatic rings. The molecule has 1 aromatic heterocycles. The molecule has 2 rings (SSSR count). The number of hydrogen-bond donors (Lipinski definition) is 2. The molecule has 0 aromatic carbocycles. The zero-order valence-electron chi connectivity index (χ0n) is 7.91. The third-order valence-corrected chi connectivity index (χ3v) is 3.06. The van der Waals surface area contributed by atoms with Crippen LogP contribution in [0.2, 0.25) is 0 Å². The Balaban J connectivity index is 2.02. The average Bonchev–Trinajstić information content (AvgIpc) is 2.76. The molecular weight excluding hydrogens is 200 g/mol. The van der Waals surface area contributed by atoms with Crippen molar-refractivity contribution in [2.45, 2.75) is 25.3 Å². The van der Waals surface area contributed by atoms with Gasteiger partial charge in [-0.2, -0.15) is 0 Å². The summed E-state index contributed by atoms with van der Waals surface area (Å²) >= 11 is 1.33. The lowest BCUT2D eigenvalue weighted by molar-refractivity contribution is -0.121. The zero-order valence-corrected chi connectivity index (χ0v) is 8.73. The van der Waals surface area contributed by atoms with Crippen LogP contribution in [-0.4, -0.2) is 28.2 Å². The third-order valence-electron chi connectivity index (χ3n) is 2.45. The summed E-state index contributed by atoms with van der Waals surface area (Å²) in [5, 5.41) is 13.9. The van der Waals surface area contributed by atoms with Gasteiger partial charge in [0.2, 0.25) is 11.0 Å². The van der Waals surface area contributed by atoms with Crippen molar-refractivity contribution in [2.75, 3.05) is 11.9 Å². The van der Waals surface area contributed by atoms with Crippen molar-refractivity contribution in [3.05, 3.63) is 5.51 Å². The summed E-state index contributed by atoms with van der Waals surface area (Å²) in [6.45, 7) is 2.82. The summed E-state index contributed by atoms with van der Waals surface area (Å²) < 4.78 is 0. The normalized spacial score (nSPS) is 26.4. The fourth-order valence-corrected chi connectivity index (χ4v) is 1.99. The fourth-order valence-electron chi connectivity index (χ4n) is 1.55. The summed E-state index contributed by atoms with van der Waals surface area (Å²) in [7, 11) is 0. The number of anilines is 1. The van der Waals surface area contributed by atoms with Crippen LogP contribution in [0.15, 0.2) is 5.51 Å². The largest absolute Gasteiger partial charge is 0.304 e. The third kappa shape index (κ3) is 1.76. The molecular formula is C8H12N4OS. The van der Waals surface area contributed by atoms with Gasteiger partial charge in [0, 0.05) is 0 Å². The Hall–Kier alpha value is -1.01. The lowest BCUT2D eigenvalue weighted by Gasteiger charge is -2.21. The first-order valence-corrected chi connectivity index (χ1v) is 5.41. The summed E-state index contributed by atoms with van der Waals surface area (Å²) in [5.74, 6) is -0.0215. The van der Waals surface area contributed by atoms with Crippen molar-refractivity contribution in [3.8, 4) is 0 Å². The van der Waals surface area contributed by atoms with E-state index in [1.54, 1.807) is 5.51 Å². The molecule has 1 saturated heterocycles. The standard InChI is InChI=1S/C8H12N4OS/c1-8(3-2-4-9-8)6(13)11-7-12-10-5-14-7/h5,9H,2-4H2,1H3,(H,11,12,13). The fraction of sp³-hybridized carbons (Fsp3) is 0.625. The van der Waals surface area contributed by atoms with Gasteiger partial charge in [-0.3, -0.25) is 10.1 Å². The van der Waals surface area contributed by atoms with E-state index >= 15 is 0 Å². The van der Waals surface area contributed by atoms with Gasteiger partial charge in [-0.1, -0.05) is 11.3 Å². The Morgan fingerprint density at radius 2 is 2.64 bits per heavy atom. The van der Waals surface area contributed by atoms with E-state index in [9.17, 15) is 4.79 Å². The van der Waals surface area contributed by atoms with E-state index in [-0.39, 0.29) is 5.91 Å². The average molecular weight is 212 g/mol. The van der Waals surface area contributed by atoms with Gasteiger partial charge in [0.25, 0.3) is 0 Å². The minimum absolute atomic E-state index is 0.0215. The Kier molecular flexibility index (Phi) is 2.47. The second kappa shape index (κ2) is 3.62. The van der Waals surface area contributed by atoms with Crippen molar-refractivity contribution in [3.63, 3.8) is 0 Å². The summed E-state index contributed by atoms with van der Waals surface area (Å²) in [4.78, 5) is 11.8. The van der Waals surface area contributed by atoms with Gasteiger partial charge >= 0.3 is 0 Å².